The van der Waals surface area contributed by atoms with Crippen molar-refractivity contribution in [1.29, 1.82) is 0 Å². The van der Waals surface area contributed by atoms with Gasteiger partial charge < -0.3 is 14.9 Å². The number of hydrogen-bond acceptors (Lipinski definition) is 4. The molecule has 0 saturated carbocycles. The molecule has 0 radical (unpaired) electrons. The lowest BCUT2D eigenvalue weighted by Crippen LogP contribution is -2.58. The van der Waals surface area contributed by atoms with Gasteiger partial charge in [-0.25, -0.2) is 14.4 Å². The summed E-state index contributed by atoms with van der Waals surface area (Å²) in [7, 11) is 0. The summed E-state index contributed by atoms with van der Waals surface area (Å²) in [4.78, 5) is 36.4. The van der Waals surface area contributed by atoms with Gasteiger partial charge in [0.25, 0.3) is 0 Å². The molecule has 7 nitrogen and oxygen atoms in total. The highest BCUT2D eigenvalue weighted by molar-refractivity contribution is 5.94. The highest BCUT2D eigenvalue weighted by Gasteiger charge is 2.70. The number of aliphatic carboxylic acids is 2. The van der Waals surface area contributed by atoms with E-state index in [0.717, 1.165) is 4.90 Å². The lowest BCUT2D eigenvalue weighted by Gasteiger charge is -2.35. The first-order valence-electron chi connectivity index (χ1n) is 6.55. The van der Waals surface area contributed by atoms with Gasteiger partial charge in [-0.3, -0.25) is 4.90 Å². The van der Waals surface area contributed by atoms with Gasteiger partial charge in [-0.1, -0.05) is 0 Å². The van der Waals surface area contributed by atoms with E-state index < -0.39 is 34.7 Å². The maximum Gasteiger partial charge on any atom is 0.412 e. The Balaban J connectivity index is 2.43. The largest absolute Gasteiger partial charge is 0.479 e. The minimum Gasteiger partial charge on any atom is -0.479 e. The first kappa shape index (κ1) is 14.6. The van der Waals surface area contributed by atoms with Crippen molar-refractivity contribution >= 4 is 18.0 Å². The van der Waals surface area contributed by atoms with Crippen molar-refractivity contribution in [2.24, 2.45) is 0 Å². The van der Waals surface area contributed by atoms with E-state index in [1.165, 1.54) is 0 Å². The average Bonchev–Trinajstić information content (AvgIpc) is 2.79. The molecular formula is C13H19NO6. The Morgan fingerprint density at radius 1 is 0.950 bits per heavy atom. The van der Waals surface area contributed by atoms with Crippen molar-refractivity contribution in [3.8, 4) is 0 Å². The molecule has 2 heterocycles. The Morgan fingerprint density at radius 3 is 1.55 bits per heavy atom. The highest BCUT2D eigenvalue weighted by atomic mass is 16.6. The lowest BCUT2D eigenvalue weighted by molar-refractivity contribution is -0.153. The van der Waals surface area contributed by atoms with Crippen LogP contribution < -0.4 is 0 Å². The zero-order chi connectivity index (χ0) is 15.3. The average molecular weight is 285 g/mol. The molecule has 0 aromatic rings. The van der Waals surface area contributed by atoms with E-state index in [4.69, 9.17) is 4.74 Å². The van der Waals surface area contributed by atoms with Crippen LogP contribution in [0.2, 0.25) is 0 Å². The predicted molar refractivity (Wildman–Crippen MR) is 67.3 cm³/mol. The first-order chi connectivity index (χ1) is 9.05. The third-order valence-corrected chi connectivity index (χ3v) is 4.13. The fraction of sp³-hybridized carbons (Fsp3) is 0.769. The molecule has 2 fully saturated rings. The molecule has 2 saturated heterocycles. The second-order valence-corrected chi connectivity index (χ2v) is 6.49. The third kappa shape index (κ3) is 1.83. The molecule has 2 N–H and O–H groups in total. The van der Waals surface area contributed by atoms with E-state index in [9.17, 15) is 24.6 Å². The normalized spacial score (nSPS) is 32.2. The molecule has 2 rings (SSSR count). The number of ether oxygens (including phenoxy) is 1. The van der Waals surface area contributed by atoms with Gasteiger partial charge in [-0.05, 0) is 46.5 Å². The van der Waals surface area contributed by atoms with Gasteiger partial charge in [0.2, 0.25) is 0 Å². The predicted octanol–water partition coefficient (Wildman–Crippen LogP) is 1.46. The topological polar surface area (TPSA) is 104 Å². The molecule has 2 bridgehead atoms. The Morgan fingerprint density at radius 2 is 1.30 bits per heavy atom. The molecule has 0 aromatic carbocycles. The molecular weight excluding hydrogens is 266 g/mol. The van der Waals surface area contributed by atoms with Crippen molar-refractivity contribution < 1.29 is 29.3 Å². The second-order valence-electron chi connectivity index (χ2n) is 6.49. The van der Waals surface area contributed by atoms with Gasteiger partial charge >= 0.3 is 18.0 Å². The fourth-order valence-corrected chi connectivity index (χ4v) is 3.21. The van der Waals surface area contributed by atoms with Gasteiger partial charge in [-0.2, -0.15) is 0 Å². The minimum absolute atomic E-state index is 0.147. The highest BCUT2D eigenvalue weighted by Crippen LogP contribution is 2.54. The Kier molecular flexibility index (Phi) is 3.00. The molecule has 2 aliphatic rings. The molecule has 1 amide bonds. The summed E-state index contributed by atoms with van der Waals surface area (Å²) in [5, 5.41) is 18.9. The maximum atomic E-state index is 12.3. The lowest BCUT2D eigenvalue weighted by atomic mass is 9.82. The molecule has 7 heteroatoms. The molecule has 20 heavy (non-hydrogen) atoms. The molecule has 0 aromatic heterocycles. The van der Waals surface area contributed by atoms with E-state index in [2.05, 4.69) is 0 Å². The first-order valence-corrected chi connectivity index (χ1v) is 6.55. The van der Waals surface area contributed by atoms with Crippen molar-refractivity contribution in [1.82, 2.24) is 4.90 Å². The maximum absolute atomic E-state index is 12.3. The zero-order valence-electron chi connectivity index (χ0n) is 11.8. The number of fused-ring (bicyclic) bond motifs is 2. The fourth-order valence-electron chi connectivity index (χ4n) is 3.21. The van der Waals surface area contributed by atoms with Crippen LogP contribution in [0.3, 0.4) is 0 Å². The standard InChI is InChI=1S/C13H19NO6/c1-11(2,3)20-10(19)14-12(8(15)16)4-5-13(14,7-6-12)9(17)18/h4-7H2,1-3H3,(H,15,16)(H,17,18). The van der Waals surface area contributed by atoms with Crippen LogP contribution in [-0.2, 0) is 14.3 Å². The minimum atomic E-state index is -1.44. The van der Waals surface area contributed by atoms with Gasteiger partial charge in [0.15, 0.2) is 0 Å². The number of rotatable bonds is 2. The summed E-state index contributed by atoms with van der Waals surface area (Å²) in [6.07, 6.45) is -0.277. The number of amides is 1. The molecule has 0 spiro atoms. The summed E-state index contributed by atoms with van der Waals surface area (Å²) in [5.41, 5.74) is -3.69. The zero-order valence-corrected chi connectivity index (χ0v) is 11.8. The molecule has 112 valence electrons. The Bertz CT molecular complexity index is 440. The molecule has 2 aliphatic heterocycles. The van der Waals surface area contributed by atoms with Crippen LogP contribution in [0.25, 0.3) is 0 Å². The van der Waals surface area contributed by atoms with Gasteiger partial charge in [0.05, 0.1) is 0 Å². The van der Waals surface area contributed by atoms with Crippen molar-refractivity contribution in [2.45, 2.75) is 63.1 Å². The van der Waals surface area contributed by atoms with Crippen LogP contribution in [0.4, 0.5) is 4.79 Å². The van der Waals surface area contributed by atoms with E-state index in [1.54, 1.807) is 20.8 Å². The van der Waals surface area contributed by atoms with Crippen LogP contribution in [0.1, 0.15) is 46.5 Å². The summed E-state index contributed by atoms with van der Waals surface area (Å²) < 4.78 is 5.21. The van der Waals surface area contributed by atoms with E-state index >= 15 is 0 Å². The van der Waals surface area contributed by atoms with Gasteiger partial charge in [0.1, 0.15) is 16.7 Å². The number of hydrogen-bond donors (Lipinski definition) is 2. The van der Waals surface area contributed by atoms with Gasteiger partial charge in [0, 0.05) is 0 Å². The Labute approximate surface area is 116 Å². The molecule has 0 atom stereocenters. The summed E-state index contributed by atoms with van der Waals surface area (Å²) >= 11 is 0. The smallest absolute Gasteiger partial charge is 0.412 e. The molecule has 0 unspecified atom stereocenters. The van der Waals surface area contributed by atoms with Crippen LogP contribution in [0.5, 0.6) is 0 Å². The third-order valence-electron chi connectivity index (χ3n) is 4.13. The number of carboxylic acid groups (broad SMARTS) is 2. The van der Waals surface area contributed by atoms with Crippen LogP contribution in [0, 0.1) is 0 Å². The molecule has 0 aliphatic carbocycles. The monoisotopic (exact) mass is 285 g/mol. The van der Waals surface area contributed by atoms with Crippen molar-refractivity contribution in [3.63, 3.8) is 0 Å². The Hall–Kier alpha value is -1.79. The SMILES string of the molecule is CC(C)(C)OC(=O)N1C2(C(=O)O)CCC1(C(=O)O)CC2. The summed E-state index contributed by atoms with van der Waals surface area (Å²) in [6, 6.07) is 0. The second kappa shape index (κ2) is 4.10. The summed E-state index contributed by atoms with van der Waals surface area (Å²) in [5.74, 6) is -2.33. The van der Waals surface area contributed by atoms with Crippen LogP contribution >= 0.6 is 0 Å². The van der Waals surface area contributed by atoms with E-state index in [0.29, 0.717) is 0 Å². The number of nitrogens with zero attached hydrogens (tertiary/aromatic N) is 1. The van der Waals surface area contributed by atoms with E-state index in [-0.39, 0.29) is 25.7 Å². The number of carboxylic acids is 2. The van der Waals surface area contributed by atoms with Crippen molar-refractivity contribution in [3.05, 3.63) is 0 Å². The van der Waals surface area contributed by atoms with Crippen LogP contribution in [0.15, 0.2) is 0 Å². The van der Waals surface area contributed by atoms with Crippen molar-refractivity contribution in [2.75, 3.05) is 0 Å². The number of carbonyl (C=O) groups is 3. The summed E-state index contributed by atoms with van der Waals surface area (Å²) in [6.45, 7) is 4.97. The quantitative estimate of drug-likeness (QED) is 0.796. The van der Waals surface area contributed by atoms with E-state index in [1.807, 2.05) is 0 Å². The van der Waals surface area contributed by atoms with Crippen LogP contribution in [-0.4, -0.2) is 49.8 Å². The van der Waals surface area contributed by atoms with Gasteiger partial charge in [-0.15, -0.1) is 0 Å². The number of carbonyl (C=O) groups excluding carboxylic acids is 1.